The summed E-state index contributed by atoms with van der Waals surface area (Å²) < 4.78 is 0. The smallest absolute Gasteiger partial charge is 0.00204 e. The zero-order valence-electron chi connectivity index (χ0n) is 17.5. The van der Waals surface area contributed by atoms with Crippen molar-refractivity contribution in [2.75, 3.05) is 0 Å². The number of fused-ring (bicyclic) bond motifs is 6. The van der Waals surface area contributed by atoms with Crippen LogP contribution in [0, 0.1) is 0 Å². The van der Waals surface area contributed by atoms with Gasteiger partial charge in [0.15, 0.2) is 0 Å². The van der Waals surface area contributed by atoms with Gasteiger partial charge in [-0.2, -0.15) is 0 Å². The van der Waals surface area contributed by atoms with E-state index in [1.165, 1.54) is 65.0 Å². The summed E-state index contributed by atoms with van der Waals surface area (Å²) in [5.41, 5.74) is 2.63. The molecule has 0 saturated heterocycles. The maximum Gasteiger partial charge on any atom is -0.00204 e. The summed E-state index contributed by atoms with van der Waals surface area (Å²) in [6.45, 7) is 0. The van der Waals surface area contributed by atoms with Crippen LogP contribution in [0.3, 0.4) is 0 Å². The van der Waals surface area contributed by atoms with Gasteiger partial charge in [-0.25, -0.2) is 0 Å². The lowest BCUT2D eigenvalue weighted by Crippen LogP contribution is -1.89. The summed E-state index contributed by atoms with van der Waals surface area (Å²) >= 11 is 0. The van der Waals surface area contributed by atoms with Crippen molar-refractivity contribution < 1.29 is 0 Å². The van der Waals surface area contributed by atoms with Gasteiger partial charge >= 0.3 is 0 Å². The largest absolute Gasteiger partial charge is 0.0616 e. The standard InChI is InChI=1S/C32H20/c1-2-10-22-19-30-25(17-21(22)9-1)20-31(29-16-8-7-15-28(29)30)32-26-13-5-3-11-23(26)18-24-12-4-6-14-27(24)32/h1-20H. The Morgan fingerprint density at radius 2 is 0.750 bits per heavy atom. The molecule has 32 heavy (non-hydrogen) atoms. The van der Waals surface area contributed by atoms with Crippen LogP contribution in [0.5, 0.6) is 0 Å². The third kappa shape index (κ3) is 2.50. The van der Waals surface area contributed by atoms with Gasteiger partial charge in [0.05, 0.1) is 0 Å². The lowest BCUT2D eigenvalue weighted by Gasteiger charge is -2.16. The minimum absolute atomic E-state index is 1.28. The molecular weight excluding hydrogens is 384 g/mol. The maximum absolute atomic E-state index is 2.40. The number of hydrogen-bond donors (Lipinski definition) is 0. The van der Waals surface area contributed by atoms with Crippen molar-refractivity contribution in [3.05, 3.63) is 121 Å². The minimum atomic E-state index is 1.28. The van der Waals surface area contributed by atoms with Crippen LogP contribution in [0.2, 0.25) is 0 Å². The molecule has 0 nitrogen and oxygen atoms in total. The highest BCUT2D eigenvalue weighted by atomic mass is 14.2. The zero-order chi connectivity index (χ0) is 21.1. The van der Waals surface area contributed by atoms with Crippen molar-refractivity contribution in [1.29, 1.82) is 0 Å². The van der Waals surface area contributed by atoms with E-state index in [1.807, 2.05) is 0 Å². The van der Waals surface area contributed by atoms with Crippen LogP contribution in [-0.4, -0.2) is 0 Å². The van der Waals surface area contributed by atoms with E-state index < -0.39 is 0 Å². The lowest BCUT2D eigenvalue weighted by molar-refractivity contribution is 1.72. The molecule has 0 aromatic heterocycles. The second kappa shape index (κ2) is 6.67. The summed E-state index contributed by atoms with van der Waals surface area (Å²) in [4.78, 5) is 0. The second-order valence-electron chi connectivity index (χ2n) is 8.58. The van der Waals surface area contributed by atoms with Gasteiger partial charge in [0, 0.05) is 0 Å². The predicted molar refractivity (Wildman–Crippen MR) is 139 cm³/mol. The van der Waals surface area contributed by atoms with Crippen molar-refractivity contribution in [2.45, 2.75) is 0 Å². The van der Waals surface area contributed by atoms with Crippen LogP contribution < -0.4 is 0 Å². The Morgan fingerprint density at radius 1 is 0.281 bits per heavy atom. The SMILES string of the molecule is c1ccc2cc3c(cc(-c4c5ccccc5cc5ccccc45)c4ccccc43)cc2c1. The third-order valence-corrected chi connectivity index (χ3v) is 6.77. The van der Waals surface area contributed by atoms with Crippen molar-refractivity contribution in [1.82, 2.24) is 0 Å². The Balaban J connectivity index is 1.72. The number of hydrogen-bond acceptors (Lipinski definition) is 0. The van der Waals surface area contributed by atoms with Crippen LogP contribution in [0.1, 0.15) is 0 Å². The van der Waals surface area contributed by atoms with E-state index in [0.717, 1.165) is 0 Å². The third-order valence-electron chi connectivity index (χ3n) is 6.77. The molecule has 0 heterocycles. The van der Waals surface area contributed by atoms with Crippen molar-refractivity contribution in [3.63, 3.8) is 0 Å². The molecule has 0 aliphatic carbocycles. The van der Waals surface area contributed by atoms with E-state index in [4.69, 9.17) is 0 Å². The van der Waals surface area contributed by atoms with E-state index in [1.54, 1.807) is 0 Å². The first-order valence-corrected chi connectivity index (χ1v) is 11.1. The molecule has 0 aliphatic heterocycles. The monoisotopic (exact) mass is 404 g/mol. The Hall–Kier alpha value is -4.16. The van der Waals surface area contributed by atoms with Gasteiger partial charge in [-0.1, -0.05) is 97.1 Å². The maximum atomic E-state index is 2.40. The average Bonchev–Trinajstić information content (AvgIpc) is 2.86. The first-order chi connectivity index (χ1) is 15.9. The Kier molecular flexibility index (Phi) is 3.65. The van der Waals surface area contributed by atoms with Gasteiger partial charge in [-0.15, -0.1) is 0 Å². The fourth-order valence-corrected chi connectivity index (χ4v) is 5.31. The highest BCUT2D eigenvalue weighted by Gasteiger charge is 2.15. The van der Waals surface area contributed by atoms with Crippen LogP contribution in [0.4, 0.5) is 0 Å². The first-order valence-electron chi connectivity index (χ1n) is 11.1. The molecule has 0 atom stereocenters. The average molecular weight is 405 g/mol. The van der Waals surface area contributed by atoms with Gasteiger partial charge < -0.3 is 0 Å². The molecule has 0 N–H and O–H groups in total. The molecule has 148 valence electrons. The molecule has 0 amide bonds. The zero-order valence-corrected chi connectivity index (χ0v) is 17.5. The molecule has 7 rings (SSSR count). The van der Waals surface area contributed by atoms with Crippen molar-refractivity contribution in [2.24, 2.45) is 0 Å². The predicted octanol–water partition coefficient (Wildman–Crippen LogP) is 9.12. The Labute approximate surface area is 186 Å². The molecule has 7 aromatic carbocycles. The van der Waals surface area contributed by atoms with E-state index in [0.29, 0.717) is 0 Å². The molecule has 7 aromatic rings. The summed E-state index contributed by atoms with van der Waals surface area (Å²) in [6.07, 6.45) is 0. The normalized spacial score (nSPS) is 11.8. The Bertz CT molecular complexity index is 1770. The van der Waals surface area contributed by atoms with E-state index in [-0.39, 0.29) is 0 Å². The van der Waals surface area contributed by atoms with E-state index in [9.17, 15) is 0 Å². The van der Waals surface area contributed by atoms with Crippen LogP contribution >= 0.6 is 0 Å². The molecule has 0 spiro atoms. The van der Waals surface area contributed by atoms with Crippen molar-refractivity contribution >= 4 is 53.9 Å². The molecule has 0 heteroatoms. The van der Waals surface area contributed by atoms with Gasteiger partial charge in [0.25, 0.3) is 0 Å². The minimum Gasteiger partial charge on any atom is -0.0616 e. The van der Waals surface area contributed by atoms with Crippen LogP contribution in [0.25, 0.3) is 65.0 Å². The lowest BCUT2D eigenvalue weighted by atomic mass is 9.87. The molecule has 0 radical (unpaired) electrons. The number of benzene rings is 7. The number of rotatable bonds is 1. The van der Waals surface area contributed by atoms with Crippen LogP contribution in [-0.2, 0) is 0 Å². The molecule has 0 saturated carbocycles. The van der Waals surface area contributed by atoms with E-state index in [2.05, 4.69) is 121 Å². The second-order valence-corrected chi connectivity index (χ2v) is 8.58. The summed E-state index contributed by atoms with van der Waals surface area (Å²) in [6, 6.07) is 44.4. The van der Waals surface area contributed by atoms with Gasteiger partial charge in [-0.05, 0) is 89.3 Å². The molecule has 0 bridgehead atoms. The fourth-order valence-electron chi connectivity index (χ4n) is 5.31. The fraction of sp³-hybridized carbons (Fsp3) is 0. The first kappa shape index (κ1) is 17.5. The molecule has 0 unspecified atom stereocenters. The quantitative estimate of drug-likeness (QED) is 0.189. The van der Waals surface area contributed by atoms with Gasteiger partial charge in [-0.3, -0.25) is 0 Å². The summed E-state index contributed by atoms with van der Waals surface area (Å²) in [5.74, 6) is 0. The van der Waals surface area contributed by atoms with E-state index >= 15 is 0 Å². The van der Waals surface area contributed by atoms with Gasteiger partial charge in [0.1, 0.15) is 0 Å². The van der Waals surface area contributed by atoms with Gasteiger partial charge in [0.2, 0.25) is 0 Å². The molecule has 0 fully saturated rings. The molecule has 0 aliphatic rings. The highest BCUT2D eigenvalue weighted by molar-refractivity contribution is 6.22. The summed E-state index contributed by atoms with van der Waals surface area (Å²) in [5, 5.41) is 12.9. The van der Waals surface area contributed by atoms with Crippen molar-refractivity contribution in [3.8, 4) is 11.1 Å². The molecular formula is C32H20. The topological polar surface area (TPSA) is 0 Å². The summed E-state index contributed by atoms with van der Waals surface area (Å²) in [7, 11) is 0. The Morgan fingerprint density at radius 3 is 1.41 bits per heavy atom. The highest BCUT2D eigenvalue weighted by Crippen LogP contribution is 2.42. The van der Waals surface area contributed by atoms with Crippen LogP contribution in [0.15, 0.2) is 121 Å².